The molecule has 0 aliphatic heterocycles. The van der Waals surface area contributed by atoms with Gasteiger partial charge in [-0.15, -0.1) is 12.4 Å². The fourth-order valence-corrected chi connectivity index (χ4v) is 1.62. The minimum absolute atomic E-state index is 0. The van der Waals surface area contributed by atoms with Gasteiger partial charge in [-0.25, -0.2) is 0 Å². The third-order valence-corrected chi connectivity index (χ3v) is 2.99. The van der Waals surface area contributed by atoms with Gasteiger partial charge in [-0.2, -0.15) is 0 Å². The zero-order chi connectivity index (χ0) is 10.2. The number of hydrogen-bond acceptors (Lipinski definition) is 2. The SMILES string of the molecule is Cc1c(C)c(C)c(CN)c(O)c1C.Cl. The van der Waals surface area contributed by atoms with Crippen LogP contribution in [-0.4, -0.2) is 5.11 Å². The molecule has 0 bridgehead atoms. The molecule has 2 nitrogen and oxygen atoms in total. The Morgan fingerprint density at radius 1 is 0.929 bits per heavy atom. The summed E-state index contributed by atoms with van der Waals surface area (Å²) in [5.74, 6) is 0.364. The maximum absolute atomic E-state index is 9.80. The molecule has 0 spiro atoms. The van der Waals surface area contributed by atoms with Crippen molar-refractivity contribution < 1.29 is 5.11 Å². The van der Waals surface area contributed by atoms with Crippen LogP contribution in [0.15, 0.2) is 0 Å². The van der Waals surface area contributed by atoms with Crippen LogP contribution in [0.5, 0.6) is 5.75 Å². The Kier molecular flexibility index (Phi) is 4.43. The topological polar surface area (TPSA) is 46.2 Å². The normalized spacial score (nSPS) is 9.79. The third-order valence-electron chi connectivity index (χ3n) is 2.99. The highest BCUT2D eigenvalue weighted by molar-refractivity contribution is 5.85. The molecule has 0 aliphatic rings. The summed E-state index contributed by atoms with van der Waals surface area (Å²) in [5, 5.41) is 9.80. The number of nitrogens with two attached hydrogens (primary N) is 1. The average Bonchev–Trinajstić information content (AvgIpc) is 2.13. The van der Waals surface area contributed by atoms with Crippen molar-refractivity contribution in [2.75, 3.05) is 0 Å². The second-order valence-corrected chi connectivity index (χ2v) is 3.53. The van der Waals surface area contributed by atoms with E-state index in [1.165, 1.54) is 5.56 Å². The lowest BCUT2D eigenvalue weighted by atomic mass is 9.93. The first-order valence-corrected chi connectivity index (χ1v) is 4.49. The van der Waals surface area contributed by atoms with Crippen LogP contribution >= 0.6 is 12.4 Å². The van der Waals surface area contributed by atoms with Gasteiger partial charge in [0.1, 0.15) is 5.75 Å². The van der Waals surface area contributed by atoms with Crippen LogP contribution in [0.1, 0.15) is 27.8 Å². The number of halogens is 1. The molecule has 0 aromatic heterocycles. The average molecular weight is 216 g/mol. The molecule has 3 heteroatoms. The molecule has 80 valence electrons. The second kappa shape index (κ2) is 4.67. The van der Waals surface area contributed by atoms with Crippen molar-refractivity contribution in [2.24, 2.45) is 5.73 Å². The molecule has 1 aromatic rings. The van der Waals surface area contributed by atoms with Gasteiger partial charge in [0.25, 0.3) is 0 Å². The molecule has 0 heterocycles. The largest absolute Gasteiger partial charge is 0.507 e. The lowest BCUT2D eigenvalue weighted by Gasteiger charge is -2.15. The van der Waals surface area contributed by atoms with Gasteiger partial charge in [0.2, 0.25) is 0 Å². The standard InChI is InChI=1S/C11H17NO.ClH/c1-6-7(2)9(4)11(13)10(5-12)8(6)3;/h13H,5,12H2,1-4H3;1H. The maximum atomic E-state index is 9.80. The van der Waals surface area contributed by atoms with Crippen molar-refractivity contribution in [3.8, 4) is 5.75 Å². The van der Waals surface area contributed by atoms with Crippen molar-refractivity contribution in [2.45, 2.75) is 34.2 Å². The highest BCUT2D eigenvalue weighted by atomic mass is 35.5. The summed E-state index contributed by atoms with van der Waals surface area (Å²) in [5.41, 5.74) is 10.9. The predicted molar refractivity (Wildman–Crippen MR) is 62.2 cm³/mol. The minimum Gasteiger partial charge on any atom is -0.507 e. The van der Waals surface area contributed by atoms with Crippen LogP contribution in [0.3, 0.4) is 0 Å². The summed E-state index contributed by atoms with van der Waals surface area (Å²) in [6.07, 6.45) is 0. The molecule has 1 aromatic carbocycles. The molecule has 0 atom stereocenters. The summed E-state index contributed by atoms with van der Waals surface area (Å²) in [6.45, 7) is 8.42. The van der Waals surface area contributed by atoms with Gasteiger partial charge in [-0.05, 0) is 49.9 Å². The summed E-state index contributed by atoms with van der Waals surface area (Å²) in [4.78, 5) is 0. The molecule has 0 radical (unpaired) electrons. The molecule has 0 amide bonds. The van der Waals surface area contributed by atoms with E-state index in [1.54, 1.807) is 0 Å². The van der Waals surface area contributed by atoms with Crippen molar-refractivity contribution in [3.63, 3.8) is 0 Å². The number of rotatable bonds is 1. The first kappa shape index (κ1) is 13.3. The van der Waals surface area contributed by atoms with Gasteiger partial charge in [0.15, 0.2) is 0 Å². The molecule has 0 saturated heterocycles. The Morgan fingerprint density at radius 3 is 1.79 bits per heavy atom. The van der Waals surface area contributed by atoms with E-state index in [2.05, 4.69) is 6.92 Å². The number of phenolic OH excluding ortho intramolecular Hbond substituents is 1. The van der Waals surface area contributed by atoms with Crippen LogP contribution in [0.4, 0.5) is 0 Å². The lowest BCUT2D eigenvalue weighted by Crippen LogP contribution is -2.04. The predicted octanol–water partition coefficient (Wildman–Crippen LogP) is 2.51. The van der Waals surface area contributed by atoms with Crippen molar-refractivity contribution in [1.82, 2.24) is 0 Å². The van der Waals surface area contributed by atoms with E-state index in [9.17, 15) is 5.11 Å². The molecule has 0 unspecified atom stereocenters. The van der Waals surface area contributed by atoms with Crippen LogP contribution in [0.25, 0.3) is 0 Å². The molecule has 14 heavy (non-hydrogen) atoms. The van der Waals surface area contributed by atoms with Crippen LogP contribution in [0.2, 0.25) is 0 Å². The molecular formula is C11H18ClNO. The molecule has 0 aliphatic carbocycles. The minimum atomic E-state index is 0. The first-order valence-electron chi connectivity index (χ1n) is 4.49. The fourth-order valence-electron chi connectivity index (χ4n) is 1.62. The number of hydrogen-bond donors (Lipinski definition) is 2. The van der Waals surface area contributed by atoms with E-state index >= 15 is 0 Å². The van der Waals surface area contributed by atoms with Gasteiger partial charge in [-0.3, -0.25) is 0 Å². The zero-order valence-corrected chi connectivity index (χ0v) is 9.96. The van der Waals surface area contributed by atoms with Crippen molar-refractivity contribution in [1.29, 1.82) is 0 Å². The molecule has 0 saturated carbocycles. The molecule has 3 N–H and O–H groups in total. The fraction of sp³-hybridized carbons (Fsp3) is 0.455. The van der Waals surface area contributed by atoms with Crippen LogP contribution in [0, 0.1) is 27.7 Å². The molecular weight excluding hydrogens is 198 g/mol. The Hall–Kier alpha value is -0.730. The van der Waals surface area contributed by atoms with Gasteiger partial charge in [-0.1, -0.05) is 0 Å². The first-order chi connectivity index (χ1) is 6.00. The van der Waals surface area contributed by atoms with Gasteiger partial charge in [0, 0.05) is 12.1 Å². The highest BCUT2D eigenvalue weighted by Gasteiger charge is 2.12. The van der Waals surface area contributed by atoms with E-state index in [4.69, 9.17) is 5.73 Å². The quantitative estimate of drug-likeness (QED) is 0.756. The van der Waals surface area contributed by atoms with E-state index < -0.39 is 0 Å². The van der Waals surface area contributed by atoms with E-state index in [1.807, 2.05) is 20.8 Å². The van der Waals surface area contributed by atoms with Crippen LogP contribution < -0.4 is 5.73 Å². The molecule has 0 fully saturated rings. The van der Waals surface area contributed by atoms with Gasteiger partial charge < -0.3 is 10.8 Å². The van der Waals surface area contributed by atoms with Crippen molar-refractivity contribution >= 4 is 12.4 Å². The van der Waals surface area contributed by atoms with Gasteiger partial charge >= 0.3 is 0 Å². The Morgan fingerprint density at radius 2 is 1.36 bits per heavy atom. The summed E-state index contributed by atoms with van der Waals surface area (Å²) >= 11 is 0. The Bertz CT molecular complexity index is 319. The highest BCUT2D eigenvalue weighted by Crippen LogP contribution is 2.31. The Labute approximate surface area is 91.5 Å². The monoisotopic (exact) mass is 215 g/mol. The summed E-state index contributed by atoms with van der Waals surface area (Å²) < 4.78 is 0. The molecule has 1 rings (SSSR count). The number of aromatic hydroxyl groups is 1. The van der Waals surface area contributed by atoms with E-state index in [-0.39, 0.29) is 12.4 Å². The van der Waals surface area contributed by atoms with E-state index in [0.717, 1.165) is 22.3 Å². The third kappa shape index (κ3) is 1.86. The lowest BCUT2D eigenvalue weighted by molar-refractivity contribution is 0.462. The second-order valence-electron chi connectivity index (χ2n) is 3.53. The van der Waals surface area contributed by atoms with Crippen LogP contribution in [-0.2, 0) is 6.54 Å². The van der Waals surface area contributed by atoms with E-state index in [0.29, 0.717) is 12.3 Å². The zero-order valence-electron chi connectivity index (χ0n) is 9.14. The smallest absolute Gasteiger partial charge is 0.123 e. The number of benzene rings is 1. The van der Waals surface area contributed by atoms with Gasteiger partial charge in [0.05, 0.1) is 0 Å². The summed E-state index contributed by atoms with van der Waals surface area (Å²) in [6, 6.07) is 0. The summed E-state index contributed by atoms with van der Waals surface area (Å²) in [7, 11) is 0. The maximum Gasteiger partial charge on any atom is 0.123 e. The number of phenols is 1. The Balaban J connectivity index is 0.00000169. The van der Waals surface area contributed by atoms with Crippen molar-refractivity contribution in [3.05, 3.63) is 27.8 Å².